The van der Waals surface area contributed by atoms with Crippen molar-refractivity contribution in [1.82, 2.24) is 10.2 Å². The first-order valence-corrected chi connectivity index (χ1v) is 7.01. The smallest absolute Gasteiger partial charge is 0.0410 e. The molecular formula is C13H22N2S. The minimum Gasteiger partial charge on any atom is -0.316 e. The van der Waals surface area contributed by atoms with E-state index in [1.165, 1.54) is 24.5 Å². The number of hydrogen-bond donors (Lipinski definition) is 1. The molecule has 90 valence electrons. The molecule has 3 atom stereocenters. The van der Waals surface area contributed by atoms with Crippen LogP contribution in [0, 0.1) is 11.8 Å². The molecule has 0 amide bonds. The Kier molecular flexibility index (Phi) is 4.00. The monoisotopic (exact) mass is 238 g/mol. The Morgan fingerprint density at radius 3 is 2.94 bits per heavy atom. The Bertz CT molecular complexity index is 310. The molecule has 1 fully saturated rings. The van der Waals surface area contributed by atoms with Gasteiger partial charge < -0.3 is 5.32 Å². The van der Waals surface area contributed by atoms with E-state index in [0.717, 1.165) is 11.8 Å². The molecule has 0 saturated carbocycles. The van der Waals surface area contributed by atoms with Crippen molar-refractivity contribution in [2.24, 2.45) is 11.8 Å². The first-order chi connectivity index (χ1) is 7.68. The lowest BCUT2D eigenvalue weighted by molar-refractivity contribution is 0.211. The van der Waals surface area contributed by atoms with Crippen molar-refractivity contribution in [3.05, 3.63) is 22.4 Å². The van der Waals surface area contributed by atoms with Crippen LogP contribution in [0.15, 0.2) is 17.5 Å². The molecule has 1 aromatic rings. The molecule has 0 spiro atoms. The van der Waals surface area contributed by atoms with Crippen LogP contribution in [0.2, 0.25) is 0 Å². The predicted octanol–water partition coefficient (Wildman–Crippen LogP) is 2.60. The summed E-state index contributed by atoms with van der Waals surface area (Å²) >= 11 is 1.86. The zero-order valence-electron chi connectivity index (χ0n) is 10.4. The number of nitrogens with one attached hydrogen (secondary N) is 1. The van der Waals surface area contributed by atoms with Crippen LogP contribution in [-0.4, -0.2) is 31.6 Å². The molecule has 0 aromatic carbocycles. The fourth-order valence-electron chi connectivity index (χ4n) is 2.38. The summed E-state index contributed by atoms with van der Waals surface area (Å²) in [7, 11) is 2.25. The second kappa shape index (κ2) is 5.30. The van der Waals surface area contributed by atoms with Crippen molar-refractivity contribution in [3.8, 4) is 0 Å². The van der Waals surface area contributed by atoms with Crippen molar-refractivity contribution >= 4 is 11.3 Å². The minimum absolute atomic E-state index is 0.549. The van der Waals surface area contributed by atoms with E-state index in [1.807, 2.05) is 11.3 Å². The molecule has 1 aromatic heterocycles. The average Bonchev–Trinajstić information content (AvgIpc) is 2.89. The summed E-state index contributed by atoms with van der Waals surface area (Å²) in [5, 5.41) is 5.64. The van der Waals surface area contributed by atoms with Crippen molar-refractivity contribution in [2.75, 3.05) is 26.7 Å². The maximum absolute atomic E-state index is 3.48. The quantitative estimate of drug-likeness (QED) is 0.867. The van der Waals surface area contributed by atoms with Crippen LogP contribution >= 0.6 is 11.3 Å². The van der Waals surface area contributed by atoms with Crippen LogP contribution < -0.4 is 5.32 Å². The van der Waals surface area contributed by atoms with Crippen molar-refractivity contribution < 1.29 is 0 Å². The van der Waals surface area contributed by atoms with E-state index in [1.54, 1.807) is 0 Å². The molecule has 0 bridgehead atoms. The van der Waals surface area contributed by atoms with E-state index in [4.69, 9.17) is 0 Å². The fraction of sp³-hybridized carbons (Fsp3) is 0.692. The highest BCUT2D eigenvalue weighted by atomic mass is 32.1. The van der Waals surface area contributed by atoms with Crippen molar-refractivity contribution in [3.63, 3.8) is 0 Å². The summed E-state index contributed by atoms with van der Waals surface area (Å²) in [6.07, 6.45) is 0. The van der Waals surface area contributed by atoms with Crippen LogP contribution in [0.5, 0.6) is 0 Å². The molecule has 16 heavy (non-hydrogen) atoms. The molecule has 0 radical (unpaired) electrons. The zero-order valence-corrected chi connectivity index (χ0v) is 11.3. The minimum atomic E-state index is 0.549. The molecule has 2 heterocycles. The van der Waals surface area contributed by atoms with E-state index in [9.17, 15) is 0 Å². The lowest BCUT2D eigenvalue weighted by Crippen LogP contribution is -2.31. The zero-order chi connectivity index (χ0) is 11.5. The highest BCUT2D eigenvalue weighted by molar-refractivity contribution is 7.10. The summed E-state index contributed by atoms with van der Waals surface area (Å²) in [6, 6.07) is 4.93. The van der Waals surface area contributed by atoms with E-state index >= 15 is 0 Å². The normalized spacial score (nSPS) is 27.5. The lowest BCUT2D eigenvalue weighted by atomic mass is 9.97. The van der Waals surface area contributed by atoms with E-state index in [-0.39, 0.29) is 0 Å². The number of hydrogen-bond acceptors (Lipinski definition) is 3. The Balaban J connectivity index is 1.90. The fourth-order valence-corrected chi connectivity index (χ4v) is 3.23. The molecule has 1 N–H and O–H groups in total. The van der Waals surface area contributed by atoms with Crippen molar-refractivity contribution in [1.29, 1.82) is 0 Å². The Hall–Kier alpha value is -0.380. The van der Waals surface area contributed by atoms with E-state index in [0.29, 0.717) is 6.04 Å². The molecule has 1 unspecified atom stereocenters. The number of nitrogens with zero attached hydrogens (tertiary/aromatic N) is 1. The molecule has 1 aliphatic heterocycles. The third kappa shape index (κ3) is 2.65. The molecule has 1 aliphatic rings. The van der Waals surface area contributed by atoms with Gasteiger partial charge in [0, 0.05) is 17.5 Å². The molecular weight excluding hydrogens is 216 g/mol. The molecule has 3 heteroatoms. The van der Waals surface area contributed by atoms with Crippen LogP contribution in [0.25, 0.3) is 0 Å². The average molecular weight is 238 g/mol. The van der Waals surface area contributed by atoms with Gasteiger partial charge in [-0.15, -0.1) is 11.3 Å². The standard InChI is InChI=1S/C13H22N2S/c1-10-7-14-8-12(10)9-15(3)11(2)13-5-4-6-16-13/h4-6,10-12,14H,7-9H2,1-3H3/t10-,11?,12+/m1/s1. The van der Waals surface area contributed by atoms with Crippen LogP contribution in [0.3, 0.4) is 0 Å². The van der Waals surface area contributed by atoms with Crippen LogP contribution in [-0.2, 0) is 0 Å². The van der Waals surface area contributed by atoms with Gasteiger partial charge in [-0.3, -0.25) is 4.90 Å². The Labute approximate surface area is 103 Å². The second-order valence-corrected chi connectivity index (χ2v) is 6.01. The molecule has 2 rings (SSSR count). The van der Waals surface area contributed by atoms with Gasteiger partial charge in [0.05, 0.1) is 0 Å². The van der Waals surface area contributed by atoms with Gasteiger partial charge in [0.2, 0.25) is 0 Å². The van der Waals surface area contributed by atoms with Crippen molar-refractivity contribution in [2.45, 2.75) is 19.9 Å². The Morgan fingerprint density at radius 1 is 1.56 bits per heavy atom. The van der Waals surface area contributed by atoms with Gasteiger partial charge in [-0.1, -0.05) is 13.0 Å². The first-order valence-electron chi connectivity index (χ1n) is 6.13. The Morgan fingerprint density at radius 2 is 2.38 bits per heavy atom. The third-order valence-corrected chi connectivity index (χ3v) is 4.86. The van der Waals surface area contributed by atoms with E-state index in [2.05, 4.69) is 48.6 Å². The maximum Gasteiger partial charge on any atom is 0.0410 e. The van der Waals surface area contributed by atoms with Gasteiger partial charge in [0.15, 0.2) is 0 Å². The van der Waals surface area contributed by atoms with E-state index < -0.39 is 0 Å². The van der Waals surface area contributed by atoms with Gasteiger partial charge in [0.25, 0.3) is 0 Å². The first kappa shape index (κ1) is 12.1. The highest BCUT2D eigenvalue weighted by Crippen LogP contribution is 2.26. The summed E-state index contributed by atoms with van der Waals surface area (Å²) in [5.74, 6) is 1.63. The summed E-state index contributed by atoms with van der Waals surface area (Å²) in [4.78, 5) is 3.96. The highest BCUT2D eigenvalue weighted by Gasteiger charge is 2.25. The second-order valence-electron chi connectivity index (χ2n) is 5.03. The van der Waals surface area contributed by atoms with Crippen LogP contribution in [0.4, 0.5) is 0 Å². The topological polar surface area (TPSA) is 15.3 Å². The van der Waals surface area contributed by atoms with Gasteiger partial charge in [-0.25, -0.2) is 0 Å². The maximum atomic E-state index is 3.48. The van der Waals surface area contributed by atoms with Crippen LogP contribution in [0.1, 0.15) is 24.8 Å². The summed E-state index contributed by atoms with van der Waals surface area (Å²) < 4.78 is 0. The SMILES string of the molecule is CC(c1cccs1)N(C)C[C@@H]1CNC[C@H]1C. The molecule has 1 saturated heterocycles. The van der Waals surface area contributed by atoms with Gasteiger partial charge in [-0.05, 0) is 50.3 Å². The number of thiophene rings is 1. The number of rotatable bonds is 4. The molecule has 2 nitrogen and oxygen atoms in total. The third-order valence-electron chi connectivity index (χ3n) is 3.82. The largest absolute Gasteiger partial charge is 0.316 e. The predicted molar refractivity (Wildman–Crippen MR) is 70.9 cm³/mol. The summed E-state index contributed by atoms with van der Waals surface area (Å²) in [5.41, 5.74) is 0. The van der Waals surface area contributed by atoms with Gasteiger partial charge in [0.1, 0.15) is 0 Å². The van der Waals surface area contributed by atoms with Gasteiger partial charge >= 0.3 is 0 Å². The molecule has 0 aliphatic carbocycles. The van der Waals surface area contributed by atoms with Gasteiger partial charge in [-0.2, -0.15) is 0 Å². The summed E-state index contributed by atoms with van der Waals surface area (Å²) in [6.45, 7) is 8.23. The lowest BCUT2D eigenvalue weighted by Gasteiger charge is -2.28.